The Labute approximate surface area is 169 Å². The highest BCUT2D eigenvalue weighted by Crippen LogP contribution is 2.35. The van der Waals surface area contributed by atoms with Gasteiger partial charge in [-0.05, 0) is 47.0 Å². The van der Waals surface area contributed by atoms with Gasteiger partial charge in [-0.15, -0.1) is 0 Å². The molecule has 0 bridgehead atoms. The second-order valence-electron chi connectivity index (χ2n) is 6.91. The van der Waals surface area contributed by atoms with Crippen molar-refractivity contribution in [1.82, 2.24) is 13.9 Å². The minimum atomic E-state index is -3.54. The third-order valence-electron chi connectivity index (χ3n) is 5.12. The van der Waals surface area contributed by atoms with Crippen molar-refractivity contribution in [1.29, 1.82) is 0 Å². The molecule has 3 heterocycles. The molecule has 5 rings (SSSR count). The van der Waals surface area contributed by atoms with E-state index >= 15 is 0 Å². The number of amides is 2. The fourth-order valence-electron chi connectivity index (χ4n) is 3.54. The number of carbonyl (C=O) groups excluding carboxylic acids is 2. The second-order valence-corrected chi connectivity index (χ2v) is 9.86. The van der Waals surface area contributed by atoms with Crippen molar-refractivity contribution in [3.8, 4) is 0 Å². The molecule has 0 radical (unpaired) electrons. The molecule has 2 aliphatic rings. The van der Waals surface area contributed by atoms with Crippen LogP contribution in [0.1, 0.15) is 39.3 Å². The molecule has 2 aromatic heterocycles. The number of benzene rings is 1. The molecule has 9 heteroatoms. The van der Waals surface area contributed by atoms with Gasteiger partial charge in [-0.2, -0.15) is 0 Å². The smallest absolute Gasteiger partial charge is 0.261 e. The molecule has 28 heavy (non-hydrogen) atoms. The Bertz CT molecular complexity index is 1240. The van der Waals surface area contributed by atoms with Gasteiger partial charge < -0.3 is 0 Å². The standard InChI is InChI=1S/C19H14BrN3O4S/c20-15-9-21-16(10-22-18(24)12-3-1-2-4-13(12)19(22)25)17-14(15)7-8-23(17)28(26,27)11-5-6-11/h1-4,7-9,11H,5-6,10H2. The average molecular weight is 460 g/mol. The van der Waals surface area contributed by atoms with Crippen LogP contribution in [0.25, 0.3) is 10.9 Å². The molecule has 142 valence electrons. The number of aromatic nitrogens is 2. The van der Waals surface area contributed by atoms with E-state index < -0.39 is 27.1 Å². The van der Waals surface area contributed by atoms with E-state index in [-0.39, 0.29) is 6.54 Å². The maximum absolute atomic E-state index is 12.8. The van der Waals surface area contributed by atoms with Crippen molar-refractivity contribution in [2.24, 2.45) is 0 Å². The Morgan fingerprint density at radius 2 is 1.71 bits per heavy atom. The number of carbonyl (C=O) groups is 2. The molecule has 3 aromatic rings. The minimum Gasteiger partial charge on any atom is -0.269 e. The van der Waals surface area contributed by atoms with Gasteiger partial charge in [0.05, 0.1) is 34.1 Å². The zero-order chi connectivity index (χ0) is 19.6. The summed E-state index contributed by atoms with van der Waals surface area (Å²) in [6.45, 7) is -0.0969. The molecular weight excluding hydrogens is 446 g/mol. The van der Waals surface area contributed by atoms with Gasteiger partial charge in [-0.25, -0.2) is 12.4 Å². The predicted molar refractivity (Wildman–Crippen MR) is 105 cm³/mol. The van der Waals surface area contributed by atoms with E-state index in [9.17, 15) is 18.0 Å². The van der Waals surface area contributed by atoms with Gasteiger partial charge >= 0.3 is 0 Å². The summed E-state index contributed by atoms with van der Waals surface area (Å²) in [7, 11) is -3.54. The van der Waals surface area contributed by atoms with E-state index in [0.29, 0.717) is 45.0 Å². The Morgan fingerprint density at radius 3 is 2.32 bits per heavy atom. The number of nitrogens with zero attached hydrogens (tertiary/aromatic N) is 3. The third kappa shape index (κ3) is 2.46. The van der Waals surface area contributed by atoms with E-state index in [1.54, 1.807) is 36.5 Å². The zero-order valence-corrected chi connectivity index (χ0v) is 16.9. The van der Waals surface area contributed by atoms with Crippen molar-refractivity contribution >= 4 is 48.7 Å². The summed E-state index contributed by atoms with van der Waals surface area (Å²) in [5.74, 6) is -0.803. The van der Waals surface area contributed by atoms with Crippen molar-refractivity contribution in [2.45, 2.75) is 24.6 Å². The van der Waals surface area contributed by atoms with Gasteiger partial charge in [-0.3, -0.25) is 19.5 Å². The van der Waals surface area contributed by atoms with Gasteiger partial charge in [0.25, 0.3) is 11.8 Å². The van der Waals surface area contributed by atoms with Crippen LogP contribution in [0.3, 0.4) is 0 Å². The summed E-state index contributed by atoms with van der Waals surface area (Å²) in [5.41, 5.74) is 1.46. The summed E-state index contributed by atoms with van der Waals surface area (Å²) in [6, 6.07) is 8.33. The Kier molecular flexibility index (Phi) is 3.76. The molecule has 1 saturated carbocycles. The van der Waals surface area contributed by atoms with Crippen LogP contribution in [0, 0.1) is 0 Å². The normalized spacial score (nSPS) is 16.8. The van der Waals surface area contributed by atoms with E-state index in [4.69, 9.17) is 0 Å². The molecule has 1 aliphatic carbocycles. The zero-order valence-electron chi connectivity index (χ0n) is 14.5. The minimum absolute atomic E-state index is 0.0969. The second kappa shape index (κ2) is 5.99. The maximum Gasteiger partial charge on any atom is 0.261 e. The summed E-state index contributed by atoms with van der Waals surface area (Å²) < 4.78 is 27.6. The molecule has 0 N–H and O–H groups in total. The Morgan fingerprint density at radius 1 is 1.07 bits per heavy atom. The average Bonchev–Trinajstić information content (AvgIpc) is 3.41. The first-order chi connectivity index (χ1) is 13.4. The van der Waals surface area contributed by atoms with E-state index in [0.717, 1.165) is 4.90 Å². The monoisotopic (exact) mass is 459 g/mol. The lowest BCUT2D eigenvalue weighted by Gasteiger charge is -2.16. The molecule has 0 atom stereocenters. The SMILES string of the molecule is O=C1c2ccccc2C(=O)N1Cc1ncc(Br)c2ccn(S(=O)(=O)C3CC3)c12. The Balaban J connectivity index is 1.63. The van der Waals surface area contributed by atoms with Crippen LogP contribution in [0.15, 0.2) is 47.2 Å². The van der Waals surface area contributed by atoms with Crippen LogP contribution in [-0.4, -0.2) is 39.3 Å². The van der Waals surface area contributed by atoms with Crippen molar-refractivity contribution < 1.29 is 18.0 Å². The van der Waals surface area contributed by atoms with E-state index in [1.807, 2.05) is 0 Å². The van der Waals surface area contributed by atoms with Crippen molar-refractivity contribution in [3.05, 3.63) is 64.0 Å². The molecule has 0 saturated heterocycles. The van der Waals surface area contributed by atoms with Crippen LogP contribution in [0.4, 0.5) is 0 Å². The third-order valence-corrected chi connectivity index (χ3v) is 7.92. The number of imide groups is 1. The summed E-state index contributed by atoms with van der Waals surface area (Å²) in [5, 5.41) is 0.278. The van der Waals surface area contributed by atoms with Crippen LogP contribution >= 0.6 is 15.9 Å². The Hall–Kier alpha value is -2.52. The van der Waals surface area contributed by atoms with Crippen LogP contribution < -0.4 is 0 Å². The molecule has 1 fully saturated rings. The largest absolute Gasteiger partial charge is 0.269 e. The van der Waals surface area contributed by atoms with Gasteiger partial charge in [0.2, 0.25) is 10.0 Å². The van der Waals surface area contributed by atoms with Gasteiger partial charge in [-0.1, -0.05) is 12.1 Å². The van der Waals surface area contributed by atoms with Gasteiger partial charge in [0.15, 0.2) is 0 Å². The molecule has 7 nitrogen and oxygen atoms in total. The number of rotatable bonds is 4. The molecule has 0 unspecified atom stereocenters. The van der Waals surface area contributed by atoms with E-state index in [1.165, 1.54) is 10.2 Å². The van der Waals surface area contributed by atoms with Gasteiger partial charge in [0.1, 0.15) is 0 Å². The van der Waals surface area contributed by atoms with Crippen molar-refractivity contribution in [2.75, 3.05) is 0 Å². The van der Waals surface area contributed by atoms with Crippen LogP contribution in [-0.2, 0) is 16.6 Å². The first-order valence-electron chi connectivity index (χ1n) is 8.73. The highest BCUT2D eigenvalue weighted by atomic mass is 79.9. The lowest BCUT2D eigenvalue weighted by molar-refractivity contribution is 0.0641. The highest BCUT2D eigenvalue weighted by Gasteiger charge is 2.39. The fourth-order valence-corrected chi connectivity index (χ4v) is 5.71. The summed E-state index contributed by atoms with van der Waals surface area (Å²) >= 11 is 3.41. The van der Waals surface area contributed by atoms with Gasteiger partial charge in [0, 0.05) is 22.3 Å². The summed E-state index contributed by atoms with van der Waals surface area (Å²) in [4.78, 5) is 30.9. The molecule has 1 aliphatic heterocycles. The van der Waals surface area contributed by atoms with Crippen LogP contribution in [0.2, 0.25) is 0 Å². The quantitative estimate of drug-likeness (QED) is 0.559. The fraction of sp³-hybridized carbons (Fsp3) is 0.211. The first-order valence-corrected chi connectivity index (χ1v) is 11.0. The number of fused-ring (bicyclic) bond motifs is 2. The molecular formula is C19H14BrN3O4S. The molecule has 2 amide bonds. The number of hydrogen-bond donors (Lipinski definition) is 0. The maximum atomic E-state index is 12.8. The number of pyridine rings is 1. The number of halogens is 1. The number of hydrogen-bond acceptors (Lipinski definition) is 5. The molecule has 0 spiro atoms. The summed E-state index contributed by atoms with van der Waals surface area (Å²) in [6.07, 6.45) is 4.34. The predicted octanol–water partition coefficient (Wildman–Crippen LogP) is 2.94. The lowest BCUT2D eigenvalue weighted by atomic mass is 10.1. The highest BCUT2D eigenvalue weighted by molar-refractivity contribution is 9.10. The van der Waals surface area contributed by atoms with Crippen LogP contribution in [0.5, 0.6) is 0 Å². The van der Waals surface area contributed by atoms with Crippen molar-refractivity contribution in [3.63, 3.8) is 0 Å². The molecule has 1 aromatic carbocycles. The van der Waals surface area contributed by atoms with E-state index in [2.05, 4.69) is 20.9 Å². The topological polar surface area (TPSA) is 89.3 Å². The first kappa shape index (κ1) is 17.6. The lowest BCUT2D eigenvalue weighted by Crippen LogP contribution is -2.30.